The molecule has 0 aromatic heterocycles. The Morgan fingerprint density at radius 1 is 1.59 bits per heavy atom. The van der Waals surface area contributed by atoms with Crippen LogP contribution in [0.4, 0.5) is 4.39 Å². The summed E-state index contributed by atoms with van der Waals surface area (Å²) < 4.78 is 14.1. The standard InChI is InChI=1S/C12H14BrFN2O/c1-8-7-15-5-6-16(8)12(17)9-3-2-4-10(13)11(9)14/h2-4,8,15H,5-7H2,1H3/t8-/m1/s1. The van der Waals surface area contributed by atoms with Gasteiger partial charge in [-0.2, -0.15) is 0 Å². The van der Waals surface area contributed by atoms with E-state index in [1.807, 2.05) is 6.92 Å². The first kappa shape index (κ1) is 12.5. The van der Waals surface area contributed by atoms with Crippen molar-refractivity contribution in [2.24, 2.45) is 0 Å². The lowest BCUT2D eigenvalue weighted by atomic mass is 10.1. The minimum Gasteiger partial charge on any atom is -0.333 e. The maximum absolute atomic E-state index is 13.8. The zero-order chi connectivity index (χ0) is 12.4. The summed E-state index contributed by atoms with van der Waals surface area (Å²) in [5.74, 6) is -0.721. The highest BCUT2D eigenvalue weighted by molar-refractivity contribution is 9.10. The Morgan fingerprint density at radius 2 is 2.35 bits per heavy atom. The van der Waals surface area contributed by atoms with Gasteiger partial charge < -0.3 is 10.2 Å². The molecule has 1 N–H and O–H groups in total. The molecule has 0 spiro atoms. The number of hydrogen-bond donors (Lipinski definition) is 1. The molecule has 0 bridgehead atoms. The second-order valence-electron chi connectivity index (χ2n) is 4.15. The van der Waals surface area contributed by atoms with E-state index in [9.17, 15) is 9.18 Å². The molecule has 0 radical (unpaired) electrons. The molecule has 0 saturated carbocycles. The predicted octanol–water partition coefficient (Wildman–Crippen LogP) is 2.02. The van der Waals surface area contributed by atoms with Crippen molar-refractivity contribution in [3.63, 3.8) is 0 Å². The molecule has 1 aromatic rings. The van der Waals surface area contributed by atoms with Crippen LogP contribution < -0.4 is 5.32 Å². The first-order valence-corrected chi connectivity index (χ1v) is 6.36. The van der Waals surface area contributed by atoms with Crippen molar-refractivity contribution in [2.45, 2.75) is 13.0 Å². The number of carbonyl (C=O) groups is 1. The average Bonchev–Trinajstić information content (AvgIpc) is 2.32. The molecule has 1 aliphatic heterocycles. The average molecular weight is 301 g/mol. The summed E-state index contributed by atoms with van der Waals surface area (Å²) in [6.07, 6.45) is 0. The van der Waals surface area contributed by atoms with Crippen LogP contribution in [0.25, 0.3) is 0 Å². The third-order valence-corrected chi connectivity index (χ3v) is 3.56. The van der Waals surface area contributed by atoms with Crippen molar-refractivity contribution < 1.29 is 9.18 Å². The number of rotatable bonds is 1. The second-order valence-corrected chi connectivity index (χ2v) is 5.01. The van der Waals surface area contributed by atoms with Gasteiger partial charge in [0, 0.05) is 25.7 Å². The minimum absolute atomic E-state index is 0.0923. The van der Waals surface area contributed by atoms with Crippen LogP contribution in [0, 0.1) is 5.82 Å². The number of hydrogen-bond acceptors (Lipinski definition) is 2. The molecule has 2 rings (SSSR count). The maximum atomic E-state index is 13.8. The smallest absolute Gasteiger partial charge is 0.257 e. The summed E-state index contributed by atoms with van der Waals surface area (Å²) in [4.78, 5) is 13.9. The van der Waals surface area contributed by atoms with Gasteiger partial charge in [-0.25, -0.2) is 4.39 Å². The first-order chi connectivity index (χ1) is 8.11. The Morgan fingerprint density at radius 3 is 3.06 bits per heavy atom. The second kappa shape index (κ2) is 5.14. The van der Waals surface area contributed by atoms with Gasteiger partial charge >= 0.3 is 0 Å². The molecule has 17 heavy (non-hydrogen) atoms. The summed E-state index contributed by atoms with van der Waals surface area (Å²) in [7, 11) is 0. The highest BCUT2D eigenvalue weighted by Gasteiger charge is 2.26. The largest absolute Gasteiger partial charge is 0.333 e. The van der Waals surface area contributed by atoms with Crippen molar-refractivity contribution in [1.29, 1.82) is 0 Å². The SMILES string of the molecule is C[C@@H]1CNCCN1C(=O)c1cccc(Br)c1F. The van der Waals surface area contributed by atoms with E-state index in [1.54, 1.807) is 17.0 Å². The molecule has 1 fully saturated rings. The Kier molecular flexibility index (Phi) is 3.79. The van der Waals surface area contributed by atoms with E-state index in [1.165, 1.54) is 6.07 Å². The minimum atomic E-state index is -0.483. The Balaban J connectivity index is 2.27. The van der Waals surface area contributed by atoms with Crippen molar-refractivity contribution in [1.82, 2.24) is 10.2 Å². The lowest BCUT2D eigenvalue weighted by Gasteiger charge is -2.34. The number of nitrogens with one attached hydrogen (secondary N) is 1. The lowest BCUT2D eigenvalue weighted by molar-refractivity contribution is 0.0651. The third-order valence-electron chi connectivity index (χ3n) is 2.94. The fourth-order valence-corrected chi connectivity index (χ4v) is 2.33. The van der Waals surface area contributed by atoms with Crippen molar-refractivity contribution in [3.05, 3.63) is 34.1 Å². The van der Waals surface area contributed by atoms with E-state index in [-0.39, 0.29) is 17.5 Å². The molecule has 1 atom stereocenters. The van der Waals surface area contributed by atoms with E-state index in [2.05, 4.69) is 21.2 Å². The molecule has 3 nitrogen and oxygen atoms in total. The molecular formula is C12H14BrFN2O. The van der Waals surface area contributed by atoms with Gasteiger partial charge in [0.1, 0.15) is 5.82 Å². The predicted molar refractivity (Wildman–Crippen MR) is 67.5 cm³/mol. The van der Waals surface area contributed by atoms with E-state index >= 15 is 0 Å². The van der Waals surface area contributed by atoms with Crippen molar-refractivity contribution >= 4 is 21.8 Å². The van der Waals surface area contributed by atoms with Gasteiger partial charge in [-0.3, -0.25) is 4.79 Å². The fraction of sp³-hybridized carbons (Fsp3) is 0.417. The molecule has 0 aliphatic carbocycles. The van der Waals surface area contributed by atoms with Crippen LogP contribution in [0.15, 0.2) is 22.7 Å². The van der Waals surface area contributed by atoms with Gasteiger partial charge in [0.2, 0.25) is 0 Å². The number of halogens is 2. The van der Waals surface area contributed by atoms with Crippen LogP contribution >= 0.6 is 15.9 Å². The zero-order valence-corrected chi connectivity index (χ0v) is 11.1. The molecule has 1 amide bonds. The van der Waals surface area contributed by atoms with E-state index in [0.717, 1.165) is 13.1 Å². The molecule has 92 valence electrons. The van der Waals surface area contributed by atoms with Crippen molar-refractivity contribution in [3.8, 4) is 0 Å². The number of piperazine rings is 1. The van der Waals surface area contributed by atoms with Gasteiger partial charge in [-0.05, 0) is 35.0 Å². The number of carbonyl (C=O) groups excluding carboxylic acids is 1. The third kappa shape index (κ3) is 2.50. The van der Waals surface area contributed by atoms with Crippen LogP contribution in [0.1, 0.15) is 17.3 Å². The molecule has 0 unspecified atom stereocenters. The highest BCUT2D eigenvalue weighted by Crippen LogP contribution is 2.20. The number of benzene rings is 1. The summed E-state index contributed by atoms with van der Waals surface area (Å²) in [5.41, 5.74) is 0.133. The van der Waals surface area contributed by atoms with Crippen LogP contribution in [0.2, 0.25) is 0 Å². The summed E-state index contributed by atoms with van der Waals surface area (Å²) in [6, 6.07) is 4.88. The summed E-state index contributed by atoms with van der Waals surface area (Å²) in [6.45, 7) is 4.08. The molecule has 1 aliphatic rings. The van der Waals surface area contributed by atoms with Gasteiger partial charge in [0.25, 0.3) is 5.91 Å². The molecule has 1 aromatic carbocycles. The van der Waals surface area contributed by atoms with Crippen LogP contribution in [-0.2, 0) is 0 Å². The van der Waals surface area contributed by atoms with Crippen LogP contribution in [-0.4, -0.2) is 36.5 Å². The fourth-order valence-electron chi connectivity index (χ4n) is 1.97. The van der Waals surface area contributed by atoms with Gasteiger partial charge in [0.15, 0.2) is 0 Å². The summed E-state index contributed by atoms with van der Waals surface area (Å²) >= 11 is 3.10. The molecular weight excluding hydrogens is 287 g/mol. The van der Waals surface area contributed by atoms with Gasteiger partial charge in [-0.1, -0.05) is 6.07 Å². The lowest BCUT2D eigenvalue weighted by Crippen LogP contribution is -2.52. The van der Waals surface area contributed by atoms with Crippen LogP contribution in [0.3, 0.4) is 0 Å². The zero-order valence-electron chi connectivity index (χ0n) is 9.54. The Hall–Kier alpha value is -0.940. The maximum Gasteiger partial charge on any atom is 0.257 e. The molecule has 1 saturated heterocycles. The van der Waals surface area contributed by atoms with E-state index in [4.69, 9.17) is 0 Å². The van der Waals surface area contributed by atoms with E-state index in [0.29, 0.717) is 11.0 Å². The quantitative estimate of drug-likeness (QED) is 0.861. The Bertz CT molecular complexity index is 439. The van der Waals surface area contributed by atoms with Gasteiger partial charge in [0.05, 0.1) is 10.0 Å². The highest BCUT2D eigenvalue weighted by atomic mass is 79.9. The topological polar surface area (TPSA) is 32.3 Å². The van der Waals surface area contributed by atoms with E-state index < -0.39 is 5.82 Å². The number of amides is 1. The molecule has 5 heteroatoms. The normalized spacial score (nSPS) is 20.4. The monoisotopic (exact) mass is 300 g/mol. The van der Waals surface area contributed by atoms with Gasteiger partial charge in [-0.15, -0.1) is 0 Å². The number of nitrogens with zero attached hydrogens (tertiary/aromatic N) is 1. The first-order valence-electron chi connectivity index (χ1n) is 5.57. The van der Waals surface area contributed by atoms with Crippen LogP contribution in [0.5, 0.6) is 0 Å². The molecule has 1 heterocycles. The van der Waals surface area contributed by atoms with Crippen molar-refractivity contribution in [2.75, 3.05) is 19.6 Å². The summed E-state index contributed by atoms with van der Waals surface area (Å²) in [5, 5.41) is 3.20. The Labute approximate surface area is 108 Å².